The zero-order valence-corrected chi connectivity index (χ0v) is 18.2. The van der Waals surface area contributed by atoms with E-state index in [1.807, 2.05) is 0 Å². The number of phenolic OH excluding ortho intramolecular Hbond substituents is 1. The molecule has 0 radical (unpaired) electrons. The van der Waals surface area contributed by atoms with Gasteiger partial charge in [-0.05, 0) is 35.9 Å². The minimum absolute atomic E-state index is 0.00627. The van der Waals surface area contributed by atoms with Crippen molar-refractivity contribution >= 4 is 23.4 Å². The molecular formula is C24H24N2O6. The molecule has 0 saturated carbocycles. The highest BCUT2D eigenvalue weighted by molar-refractivity contribution is 6.10. The number of ether oxygens (including phenoxy) is 4. The Hall–Kier alpha value is -4.20. The van der Waals surface area contributed by atoms with Crippen LogP contribution in [0.4, 0.5) is 11.5 Å². The van der Waals surface area contributed by atoms with Gasteiger partial charge in [-0.2, -0.15) is 0 Å². The smallest absolute Gasteiger partial charge is 0.203 e. The van der Waals surface area contributed by atoms with Crippen LogP contribution in [0.2, 0.25) is 0 Å². The van der Waals surface area contributed by atoms with Gasteiger partial charge in [0.1, 0.15) is 5.82 Å². The van der Waals surface area contributed by atoms with Gasteiger partial charge in [0, 0.05) is 24.0 Å². The van der Waals surface area contributed by atoms with Gasteiger partial charge >= 0.3 is 0 Å². The molecule has 166 valence electrons. The third-order valence-corrected chi connectivity index (χ3v) is 4.63. The predicted molar refractivity (Wildman–Crippen MR) is 122 cm³/mol. The number of hydrogen-bond acceptors (Lipinski definition) is 8. The van der Waals surface area contributed by atoms with E-state index in [4.69, 9.17) is 18.9 Å². The van der Waals surface area contributed by atoms with E-state index in [1.54, 1.807) is 48.7 Å². The lowest BCUT2D eigenvalue weighted by molar-refractivity contribution is 0.104. The Morgan fingerprint density at radius 1 is 0.938 bits per heavy atom. The van der Waals surface area contributed by atoms with Gasteiger partial charge in [0.25, 0.3) is 0 Å². The summed E-state index contributed by atoms with van der Waals surface area (Å²) in [5.41, 5.74) is 1.63. The summed E-state index contributed by atoms with van der Waals surface area (Å²) in [7, 11) is 6.05. The highest BCUT2D eigenvalue weighted by atomic mass is 16.5. The Bertz CT molecular complexity index is 1120. The molecular weight excluding hydrogens is 412 g/mol. The van der Waals surface area contributed by atoms with Crippen molar-refractivity contribution in [3.8, 4) is 28.7 Å². The fourth-order valence-corrected chi connectivity index (χ4v) is 3.07. The number of aromatic nitrogens is 1. The summed E-state index contributed by atoms with van der Waals surface area (Å²) in [4.78, 5) is 17.2. The number of anilines is 2. The number of nitrogens with one attached hydrogen (secondary N) is 1. The molecule has 0 bridgehead atoms. The van der Waals surface area contributed by atoms with Gasteiger partial charge in [-0.3, -0.25) is 4.79 Å². The number of carbonyl (C=O) groups excluding carboxylic acids is 1. The number of nitrogens with zero attached hydrogens (tertiary/aromatic N) is 1. The van der Waals surface area contributed by atoms with Gasteiger partial charge in [0.15, 0.2) is 28.8 Å². The molecule has 0 unspecified atom stereocenters. The van der Waals surface area contributed by atoms with E-state index >= 15 is 0 Å². The summed E-state index contributed by atoms with van der Waals surface area (Å²) < 4.78 is 21.1. The number of aromatic hydroxyl groups is 1. The monoisotopic (exact) mass is 436 g/mol. The van der Waals surface area contributed by atoms with E-state index in [-0.39, 0.29) is 11.5 Å². The van der Waals surface area contributed by atoms with Gasteiger partial charge in [-0.25, -0.2) is 4.98 Å². The van der Waals surface area contributed by atoms with Gasteiger partial charge < -0.3 is 29.4 Å². The van der Waals surface area contributed by atoms with E-state index in [2.05, 4.69) is 10.3 Å². The standard InChI is InChI=1S/C24H24N2O6/c1-29-20-10-8-15(12-19(20)28)7-9-18(27)17-6-5-11-25-24(17)26-16-13-21(30-2)23(32-4)22(14-16)31-3/h5-14,28H,1-4H3,(H,25,26)/b9-7+. The molecule has 3 aromatic rings. The lowest BCUT2D eigenvalue weighted by atomic mass is 10.1. The minimum atomic E-state index is -0.261. The third-order valence-electron chi connectivity index (χ3n) is 4.63. The molecule has 1 aromatic heterocycles. The largest absolute Gasteiger partial charge is 0.504 e. The second-order valence-electron chi connectivity index (χ2n) is 6.57. The fourth-order valence-electron chi connectivity index (χ4n) is 3.07. The molecule has 2 N–H and O–H groups in total. The molecule has 0 atom stereocenters. The minimum Gasteiger partial charge on any atom is -0.504 e. The van der Waals surface area contributed by atoms with Crippen LogP contribution in [0.1, 0.15) is 15.9 Å². The molecule has 8 heteroatoms. The van der Waals surface area contributed by atoms with Crippen molar-refractivity contribution in [1.82, 2.24) is 4.98 Å². The summed E-state index contributed by atoms with van der Waals surface area (Å²) in [6.07, 6.45) is 4.61. The normalized spacial score (nSPS) is 10.6. The number of phenols is 1. The number of ketones is 1. The van der Waals surface area contributed by atoms with Crippen molar-refractivity contribution in [2.75, 3.05) is 33.8 Å². The van der Waals surface area contributed by atoms with Crippen molar-refractivity contribution in [3.63, 3.8) is 0 Å². The second-order valence-corrected chi connectivity index (χ2v) is 6.57. The molecule has 1 heterocycles. The first kappa shape index (κ1) is 22.5. The molecule has 3 rings (SSSR count). The molecule has 8 nitrogen and oxygen atoms in total. The Balaban J connectivity index is 1.88. The van der Waals surface area contributed by atoms with Crippen LogP contribution in [0.3, 0.4) is 0 Å². The Morgan fingerprint density at radius 2 is 1.62 bits per heavy atom. The highest BCUT2D eigenvalue weighted by Gasteiger charge is 2.16. The zero-order valence-electron chi connectivity index (χ0n) is 18.2. The van der Waals surface area contributed by atoms with Crippen LogP contribution in [0, 0.1) is 0 Å². The maximum Gasteiger partial charge on any atom is 0.203 e. The predicted octanol–water partition coefficient (Wildman–Crippen LogP) is 4.46. The first-order valence-corrected chi connectivity index (χ1v) is 9.62. The van der Waals surface area contributed by atoms with Crippen molar-refractivity contribution in [2.24, 2.45) is 0 Å². The number of carbonyl (C=O) groups is 1. The van der Waals surface area contributed by atoms with Crippen molar-refractivity contribution in [1.29, 1.82) is 0 Å². The van der Waals surface area contributed by atoms with Crippen molar-refractivity contribution in [2.45, 2.75) is 0 Å². The molecule has 0 spiro atoms. The van der Waals surface area contributed by atoms with E-state index in [1.165, 1.54) is 40.6 Å². The summed E-state index contributed by atoms with van der Waals surface area (Å²) in [6.45, 7) is 0. The number of benzene rings is 2. The molecule has 2 aromatic carbocycles. The molecule has 0 fully saturated rings. The first-order valence-electron chi connectivity index (χ1n) is 9.62. The van der Waals surface area contributed by atoms with Crippen molar-refractivity contribution < 1.29 is 28.8 Å². The van der Waals surface area contributed by atoms with Crippen LogP contribution >= 0.6 is 0 Å². The molecule has 0 amide bonds. The van der Waals surface area contributed by atoms with Crippen molar-refractivity contribution in [3.05, 3.63) is 65.9 Å². The maximum absolute atomic E-state index is 12.9. The quantitative estimate of drug-likeness (QED) is 0.375. The summed E-state index contributed by atoms with van der Waals surface area (Å²) >= 11 is 0. The van der Waals surface area contributed by atoms with E-state index < -0.39 is 0 Å². The van der Waals surface area contributed by atoms with Gasteiger partial charge in [0.05, 0.1) is 34.0 Å². The number of pyridine rings is 1. The number of allylic oxidation sites excluding steroid dienone is 1. The Labute approximate surface area is 186 Å². The molecule has 0 aliphatic rings. The zero-order chi connectivity index (χ0) is 23.1. The van der Waals surface area contributed by atoms with Crippen LogP contribution < -0.4 is 24.3 Å². The van der Waals surface area contributed by atoms with Gasteiger partial charge in [-0.1, -0.05) is 12.1 Å². The van der Waals surface area contributed by atoms with Crippen LogP contribution in [0.25, 0.3) is 6.08 Å². The number of hydrogen-bond donors (Lipinski definition) is 2. The summed E-state index contributed by atoms with van der Waals surface area (Å²) in [5, 5.41) is 13.1. The Morgan fingerprint density at radius 3 is 2.22 bits per heavy atom. The lowest BCUT2D eigenvalue weighted by Crippen LogP contribution is -2.04. The maximum atomic E-state index is 12.9. The molecule has 0 aliphatic carbocycles. The molecule has 32 heavy (non-hydrogen) atoms. The number of methoxy groups -OCH3 is 4. The summed E-state index contributed by atoms with van der Waals surface area (Å²) in [5.74, 6) is 1.86. The van der Waals surface area contributed by atoms with E-state index in [9.17, 15) is 9.90 Å². The molecule has 0 saturated heterocycles. The fraction of sp³-hybridized carbons (Fsp3) is 0.167. The van der Waals surface area contributed by atoms with Gasteiger partial charge in [-0.15, -0.1) is 0 Å². The van der Waals surface area contributed by atoms with Gasteiger partial charge in [0.2, 0.25) is 5.75 Å². The summed E-state index contributed by atoms with van der Waals surface area (Å²) in [6, 6.07) is 11.7. The second kappa shape index (κ2) is 10.2. The van der Waals surface area contributed by atoms with Crippen LogP contribution in [0.5, 0.6) is 28.7 Å². The average Bonchev–Trinajstić information content (AvgIpc) is 2.82. The first-order chi connectivity index (χ1) is 15.5. The third kappa shape index (κ3) is 4.92. The lowest BCUT2D eigenvalue weighted by Gasteiger charge is -2.15. The topological polar surface area (TPSA) is 99.1 Å². The van der Waals surface area contributed by atoms with Crippen LogP contribution in [-0.4, -0.2) is 44.3 Å². The van der Waals surface area contributed by atoms with E-state index in [0.29, 0.717) is 45.6 Å². The molecule has 0 aliphatic heterocycles. The SMILES string of the molecule is COc1ccc(/C=C/C(=O)c2cccnc2Nc2cc(OC)c(OC)c(OC)c2)cc1O. The Kier molecular flexibility index (Phi) is 7.17. The average molecular weight is 436 g/mol. The van der Waals surface area contributed by atoms with Crippen LogP contribution in [-0.2, 0) is 0 Å². The van der Waals surface area contributed by atoms with E-state index in [0.717, 1.165) is 0 Å². The van der Waals surface area contributed by atoms with Crippen LogP contribution in [0.15, 0.2) is 54.7 Å². The number of rotatable bonds is 9. The highest BCUT2D eigenvalue weighted by Crippen LogP contribution is 2.40.